The fourth-order valence-corrected chi connectivity index (χ4v) is 2.17. The van der Waals surface area contributed by atoms with Gasteiger partial charge in [-0.05, 0) is 36.8 Å². The molecule has 0 bridgehead atoms. The number of benzene rings is 1. The Hall–Kier alpha value is -1.08. The molecule has 1 fully saturated rings. The molecule has 1 aliphatic carbocycles. The van der Waals surface area contributed by atoms with Crippen LogP contribution in [-0.2, 0) is 0 Å². The maximum atomic E-state index is 4.14. The Morgan fingerprint density at radius 2 is 2.06 bits per heavy atom. The lowest BCUT2D eigenvalue weighted by atomic mass is 9.80. The Kier molecular flexibility index (Phi) is 3.79. The number of hydrogen-bond acceptors (Lipinski definition) is 1. The minimum absolute atomic E-state index is 0.634. The Labute approximate surface area is 98.6 Å². The van der Waals surface area contributed by atoms with Crippen LogP contribution in [0.25, 0.3) is 5.57 Å². The molecule has 1 heteroatoms. The van der Waals surface area contributed by atoms with E-state index in [9.17, 15) is 0 Å². The molecule has 1 aromatic rings. The van der Waals surface area contributed by atoms with E-state index in [0.717, 1.165) is 12.5 Å². The Morgan fingerprint density at radius 1 is 1.38 bits per heavy atom. The topological polar surface area (TPSA) is 12.0 Å². The maximum Gasteiger partial charge on any atom is 0.0208 e. The van der Waals surface area contributed by atoms with E-state index in [4.69, 9.17) is 0 Å². The first-order chi connectivity index (χ1) is 7.77. The summed E-state index contributed by atoms with van der Waals surface area (Å²) in [4.78, 5) is 0. The quantitative estimate of drug-likeness (QED) is 0.793. The predicted molar refractivity (Wildman–Crippen MR) is 70.3 cm³/mol. The van der Waals surface area contributed by atoms with Crippen molar-refractivity contribution in [2.75, 3.05) is 6.54 Å². The van der Waals surface area contributed by atoms with Gasteiger partial charge in [0.25, 0.3) is 0 Å². The normalized spacial score (nSPS) is 17.8. The predicted octanol–water partition coefficient (Wildman–Crippen LogP) is 3.48. The lowest BCUT2D eigenvalue weighted by Crippen LogP contribution is -2.37. The highest BCUT2D eigenvalue weighted by molar-refractivity contribution is 5.64. The molecule has 1 saturated carbocycles. The summed E-state index contributed by atoms with van der Waals surface area (Å²) in [5.74, 6) is 0.892. The first kappa shape index (κ1) is 11.4. The zero-order valence-corrected chi connectivity index (χ0v) is 10.1. The van der Waals surface area contributed by atoms with Gasteiger partial charge in [-0.1, -0.05) is 43.3 Å². The van der Waals surface area contributed by atoms with E-state index in [-0.39, 0.29) is 0 Å². The third-order valence-corrected chi connectivity index (χ3v) is 3.68. The molecule has 1 aliphatic rings. The second kappa shape index (κ2) is 5.31. The van der Waals surface area contributed by atoms with E-state index in [1.54, 1.807) is 0 Å². The monoisotopic (exact) mass is 215 g/mol. The van der Waals surface area contributed by atoms with E-state index < -0.39 is 0 Å². The lowest BCUT2D eigenvalue weighted by Gasteiger charge is -2.32. The van der Waals surface area contributed by atoms with Crippen LogP contribution in [0, 0.1) is 5.92 Å². The highest BCUT2D eigenvalue weighted by atomic mass is 14.9. The Morgan fingerprint density at radius 3 is 2.62 bits per heavy atom. The van der Waals surface area contributed by atoms with Crippen LogP contribution in [0.15, 0.2) is 36.9 Å². The zero-order chi connectivity index (χ0) is 11.4. The molecule has 86 valence electrons. The van der Waals surface area contributed by atoms with E-state index >= 15 is 0 Å². The molecular weight excluding hydrogens is 194 g/mol. The molecule has 1 unspecified atom stereocenters. The highest BCUT2D eigenvalue weighted by Crippen LogP contribution is 2.29. The number of rotatable bonds is 5. The van der Waals surface area contributed by atoms with E-state index in [1.165, 1.54) is 30.4 Å². The standard InChI is InChI=1S/C15H21N/c1-12(14-7-4-3-5-8-14)11-16-13(2)15-9-6-10-15/h3-5,7-8,13,15-16H,1,6,9-11H2,2H3. The first-order valence-electron chi connectivity index (χ1n) is 6.24. The molecule has 0 radical (unpaired) electrons. The van der Waals surface area contributed by atoms with Gasteiger partial charge in [0.1, 0.15) is 0 Å². The van der Waals surface area contributed by atoms with Gasteiger partial charge in [-0.3, -0.25) is 0 Å². The molecule has 1 N–H and O–H groups in total. The summed E-state index contributed by atoms with van der Waals surface area (Å²) in [6.45, 7) is 7.34. The van der Waals surface area contributed by atoms with Gasteiger partial charge < -0.3 is 5.32 Å². The van der Waals surface area contributed by atoms with Crippen molar-refractivity contribution in [1.82, 2.24) is 5.32 Å². The first-order valence-corrected chi connectivity index (χ1v) is 6.24. The average Bonchev–Trinajstić information content (AvgIpc) is 2.25. The van der Waals surface area contributed by atoms with Gasteiger partial charge in [0.2, 0.25) is 0 Å². The van der Waals surface area contributed by atoms with Crippen LogP contribution in [0.2, 0.25) is 0 Å². The second-order valence-electron chi connectivity index (χ2n) is 4.83. The van der Waals surface area contributed by atoms with Crippen molar-refractivity contribution in [1.29, 1.82) is 0 Å². The second-order valence-corrected chi connectivity index (χ2v) is 4.83. The molecule has 0 aromatic heterocycles. The van der Waals surface area contributed by atoms with E-state index in [0.29, 0.717) is 6.04 Å². The largest absolute Gasteiger partial charge is 0.310 e. The molecule has 0 aliphatic heterocycles. The molecule has 16 heavy (non-hydrogen) atoms. The Bertz CT molecular complexity index is 338. The molecular formula is C15H21N. The zero-order valence-electron chi connectivity index (χ0n) is 10.1. The minimum atomic E-state index is 0.634. The van der Waals surface area contributed by atoms with Gasteiger partial charge in [-0.15, -0.1) is 0 Å². The van der Waals surface area contributed by atoms with Gasteiger partial charge in [-0.25, -0.2) is 0 Å². The molecule has 0 amide bonds. The summed E-state index contributed by atoms with van der Waals surface area (Å²) in [6, 6.07) is 11.1. The minimum Gasteiger partial charge on any atom is -0.310 e. The third kappa shape index (κ3) is 2.73. The number of nitrogens with one attached hydrogen (secondary N) is 1. The van der Waals surface area contributed by atoms with Crippen LogP contribution in [-0.4, -0.2) is 12.6 Å². The SMILES string of the molecule is C=C(CNC(C)C1CCC1)c1ccccc1. The van der Waals surface area contributed by atoms with Crippen molar-refractivity contribution in [2.45, 2.75) is 32.2 Å². The summed E-state index contributed by atoms with van der Waals surface area (Å²) >= 11 is 0. The van der Waals surface area contributed by atoms with Crippen LogP contribution in [0.4, 0.5) is 0 Å². The van der Waals surface area contributed by atoms with Crippen LogP contribution >= 0.6 is 0 Å². The summed E-state index contributed by atoms with van der Waals surface area (Å²) in [7, 11) is 0. The summed E-state index contributed by atoms with van der Waals surface area (Å²) in [6.07, 6.45) is 4.20. The van der Waals surface area contributed by atoms with Crippen LogP contribution in [0.5, 0.6) is 0 Å². The maximum absolute atomic E-state index is 4.14. The van der Waals surface area contributed by atoms with E-state index in [2.05, 4.69) is 43.1 Å². The average molecular weight is 215 g/mol. The van der Waals surface area contributed by atoms with Gasteiger partial charge in [0.05, 0.1) is 0 Å². The van der Waals surface area contributed by atoms with Crippen molar-refractivity contribution in [3.8, 4) is 0 Å². The van der Waals surface area contributed by atoms with Gasteiger partial charge >= 0.3 is 0 Å². The Balaban J connectivity index is 1.79. The summed E-state index contributed by atoms with van der Waals surface area (Å²) in [5.41, 5.74) is 2.43. The molecule has 1 aromatic carbocycles. The summed E-state index contributed by atoms with van der Waals surface area (Å²) in [5, 5.41) is 3.58. The lowest BCUT2D eigenvalue weighted by molar-refractivity contribution is 0.246. The van der Waals surface area contributed by atoms with Crippen molar-refractivity contribution in [3.05, 3.63) is 42.5 Å². The van der Waals surface area contributed by atoms with E-state index in [1.807, 2.05) is 6.07 Å². The molecule has 0 heterocycles. The molecule has 1 atom stereocenters. The molecule has 0 spiro atoms. The van der Waals surface area contributed by atoms with Crippen molar-refractivity contribution in [2.24, 2.45) is 5.92 Å². The van der Waals surface area contributed by atoms with Crippen LogP contribution in [0.1, 0.15) is 31.7 Å². The number of hydrogen-bond donors (Lipinski definition) is 1. The van der Waals surface area contributed by atoms with Crippen LogP contribution < -0.4 is 5.32 Å². The van der Waals surface area contributed by atoms with Crippen LogP contribution in [0.3, 0.4) is 0 Å². The molecule has 2 rings (SSSR count). The van der Waals surface area contributed by atoms with Crippen molar-refractivity contribution < 1.29 is 0 Å². The van der Waals surface area contributed by atoms with Gasteiger partial charge in [-0.2, -0.15) is 0 Å². The van der Waals surface area contributed by atoms with Gasteiger partial charge in [0, 0.05) is 12.6 Å². The van der Waals surface area contributed by atoms with Crippen molar-refractivity contribution >= 4 is 5.57 Å². The fourth-order valence-electron chi connectivity index (χ4n) is 2.17. The fraction of sp³-hybridized carbons (Fsp3) is 0.467. The summed E-state index contributed by atoms with van der Waals surface area (Å²) < 4.78 is 0. The highest BCUT2D eigenvalue weighted by Gasteiger charge is 2.23. The third-order valence-electron chi connectivity index (χ3n) is 3.68. The van der Waals surface area contributed by atoms with Crippen molar-refractivity contribution in [3.63, 3.8) is 0 Å². The smallest absolute Gasteiger partial charge is 0.0208 e. The molecule has 1 nitrogen and oxygen atoms in total. The molecule has 0 saturated heterocycles. The van der Waals surface area contributed by atoms with Gasteiger partial charge in [0.15, 0.2) is 0 Å².